The van der Waals surface area contributed by atoms with Crippen LogP contribution in [0.2, 0.25) is 0 Å². The summed E-state index contributed by atoms with van der Waals surface area (Å²) >= 11 is 0. The Bertz CT molecular complexity index is 340. The summed E-state index contributed by atoms with van der Waals surface area (Å²) < 4.78 is 0. The van der Waals surface area contributed by atoms with Gasteiger partial charge in [0.05, 0.1) is 0 Å². The molecule has 0 aliphatic heterocycles. The van der Waals surface area contributed by atoms with Gasteiger partial charge in [-0.15, -0.1) is 0 Å². The van der Waals surface area contributed by atoms with Crippen molar-refractivity contribution in [1.29, 1.82) is 0 Å². The molecule has 0 bridgehead atoms. The third-order valence-electron chi connectivity index (χ3n) is 3.43. The van der Waals surface area contributed by atoms with Crippen molar-refractivity contribution in [3.8, 4) is 0 Å². The molecule has 1 nitrogen and oxygen atoms in total. The zero-order chi connectivity index (χ0) is 13.4. The number of Topliss-reactive ketones (excluding diaryl/α,β-unsaturated/α-hetero) is 1. The Morgan fingerprint density at radius 2 is 1.72 bits per heavy atom. The molecule has 0 saturated heterocycles. The number of carbonyl (C=O) groups excluding carboxylic acids is 1. The fourth-order valence-electron chi connectivity index (χ4n) is 2.23. The Morgan fingerprint density at radius 3 is 2.28 bits per heavy atom. The zero-order valence-electron chi connectivity index (χ0n) is 12.0. The molecule has 0 aliphatic carbocycles. The van der Waals surface area contributed by atoms with Crippen molar-refractivity contribution < 1.29 is 4.79 Å². The molecule has 1 heteroatoms. The summed E-state index contributed by atoms with van der Waals surface area (Å²) in [5.41, 5.74) is 0.877. The largest absolute Gasteiger partial charge is 0.294 e. The summed E-state index contributed by atoms with van der Waals surface area (Å²) in [6.07, 6.45) is 5.54. The SMILES string of the molecule is CCCCC(CCC(C)C)C(=O)c1ccccc1. The second-order valence-electron chi connectivity index (χ2n) is 5.54. The van der Waals surface area contributed by atoms with Gasteiger partial charge in [-0.2, -0.15) is 0 Å². The summed E-state index contributed by atoms with van der Waals surface area (Å²) in [5.74, 6) is 1.23. The van der Waals surface area contributed by atoms with Crippen LogP contribution < -0.4 is 0 Å². The van der Waals surface area contributed by atoms with E-state index in [2.05, 4.69) is 20.8 Å². The molecule has 1 unspecified atom stereocenters. The van der Waals surface area contributed by atoms with E-state index in [1.165, 1.54) is 6.42 Å². The van der Waals surface area contributed by atoms with Crippen molar-refractivity contribution in [3.63, 3.8) is 0 Å². The second-order valence-corrected chi connectivity index (χ2v) is 5.54. The highest BCUT2D eigenvalue weighted by molar-refractivity contribution is 5.97. The van der Waals surface area contributed by atoms with Gasteiger partial charge in [0.2, 0.25) is 0 Å². The first-order valence-corrected chi connectivity index (χ1v) is 7.24. The minimum absolute atomic E-state index is 0.217. The molecule has 0 saturated carbocycles. The Hall–Kier alpha value is -1.11. The van der Waals surface area contributed by atoms with Gasteiger partial charge >= 0.3 is 0 Å². The Labute approximate surface area is 112 Å². The maximum Gasteiger partial charge on any atom is 0.165 e. The maximum absolute atomic E-state index is 12.5. The van der Waals surface area contributed by atoms with E-state index in [9.17, 15) is 4.79 Å². The molecule has 0 fully saturated rings. The lowest BCUT2D eigenvalue weighted by Gasteiger charge is -2.16. The lowest BCUT2D eigenvalue weighted by atomic mass is 9.87. The van der Waals surface area contributed by atoms with Crippen LogP contribution in [0.3, 0.4) is 0 Å². The van der Waals surface area contributed by atoms with Gasteiger partial charge in [0, 0.05) is 11.5 Å². The highest BCUT2D eigenvalue weighted by Crippen LogP contribution is 2.22. The topological polar surface area (TPSA) is 17.1 Å². The fourth-order valence-corrected chi connectivity index (χ4v) is 2.23. The molecule has 1 aromatic carbocycles. The summed E-state index contributed by atoms with van der Waals surface area (Å²) in [7, 11) is 0. The molecule has 0 radical (unpaired) electrons. The van der Waals surface area contributed by atoms with Crippen LogP contribution in [-0.4, -0.2) is 5.78 Å². The van der Waals surface area contributed by atoms with Crippen molar-refractivity contribution in [2.45, 2.75) is 52.9 Å². The zero-order valence-corrected chi connectivity index (χ0v) is 12.0. The summed E-state index contributed by atoms with van der Waals surface area (Å²) in [4.78, 5) is 12.5. The van der Waals surface area contributed by atoms with Gasteiger partial charge in [0.25, 0.3) is 0 Å². The van der Waals surface area contributed by atoms with E-state index in [1.54, 1.807) is 0 Å². The molecule has 0 spiro atoms. The quantitative estimate of drug-likeness (QED) is 0.582. The van der Waals surface area contributed by atoms with Crippen molar-refractivity contribution in [2.24, 2.45) is 11.8 Å². The Morgan fingerprint density at radius 1 is 1.06 bits per heavy atom. The summed E-state index contributed by atoms with van der Waals surface area (Å²) in [5, 5.41) is 0. The van der Waals surface area contributed by atoms with Gasteiger partial charge in [-0.3, -0.25) is 4.79 Å². The van der Waals surface area contributed by atoms with E-state index in [0.717, 1.165) is 31.2 Å². The molecule has 100 valence electrons. The maximum atomic E-state index is 12.5. The van der Waals surface area contributed by atoms with Gasteiger partial charge in [-0.1, -0.05) is 70.4 Å². The summed E-state index contributed by atoms with van der Waals surface area (Å²) in [6.45, 7) is 6.64. The van der Waals surface area contributed by atoms with Crippen LogP contribution in [-0.2, 0) is 0 Å². The minimum atomic E-state index is 0.217. The van der Waals surface area contributed by atoms with Crippen LogP contribution in [0.4, 0.5) is 0 Å². The van der Waals surface area contributed by atoms with Gasteiger partial charge in [-0.25, -0.2) is 0 Å². The van der Waals surface area contributed by atoms with E-state index in [-0.39, 0.29) is 5.92 Å². The number of rotatable bonds is 8. The second kappa shape index (κ2) is 8.07. The standard InChI is InChI=1S/C17H26O/c1-4-5-9-16(13-12-14(2)3)17(18)15-10-7-6-8-11-15/h6-8,10-11,14,16H,4-5,9,12-13H2,1-3H3. The predicted molar refractivity (Wildman–Crippen MR) is 77.9 cm³/mol. The van der Waals surface area contributed by atoms with Gasteiger partial charge in [-0.05, 0) is 18.8 Å². The highest BCUT2D eigenvalue weighted by atomic mass is 16.1. The molecule has 0 amide bonds. The number of benzene rings is 1. The third-order valence-corrected chi connectivity index (χ3v) is 3.43. The van der Waals surface area contributed by atoms with Crippen molar-refractivity contribution in [1.82, 2.24) is 0 Å². The molecule has 1 atom stereocenters. The van der Waals surface area contributed by atoms with Gasteiger partial charge in [0.1, 0.15) is 0 Å². The molecule has 0 aromatic heterocycles. The van der Waals surface area contributed by atoms with E-state index < -0.39 is 0 Å². The van der Waals surface area contributed by atoms with Gasteiger partial charge in [0.15, 0.2) is 5.78 Å². The van der Waals surface area contributed by atoms with E-state index in [0.29, 0.717) is 11.7 Å². The molecular weight excluding hydrogens is 220 g/mol. The first-order valence-electron chi connectivity index (χ1n) is 7.24. The van der Waals surface area contributed by atoms with Crippen molar-refractivity contribution >= 4 is 5.78 Å². The van der Waals surface area contributed by atoms with Crippen LogP contribution in [0.5, 0.6) is 0 Å². The van der Waals surface area contributed by atoms with Gasteiger partial charge < -0.3 is 0 Å². The minimum Gasteiger partial charge on any atom is -0.294 e. The average molecular weight is 246 g/mol. The smallest absolute Gasteiger partial charge is 0.165 e. The van der Waals surface area contributed by atoms with E-state index in [1.807, 2.05) is 30.3 Å². The highest BCUT2D eigenvalue weighted by Gasteiger charge is 2.19. The molecule has 1 rings (SSSR count). The number of ketones is 1. The molecular formula is C17H26O. The van der Waals surface area contributed by atoms with E-state index in [4.69, 9.17) is 0 Å². The first-order chi connectivity index (χ1) is 8.65. The van der Waals surface area contributed by atoms with Crippen molar-refractivity contribution in [2.75, 3.05) is 0 Å². The molecule has 1 aromatic rings. The summed E-state index contributed by atoms with van der Waals surface area (Å²) in [6, 6.07) is 9.75. The van der Waals surface area contributed by atoms with Crippen LogP contribution in [0.25, 0.3) is 0 Å². The van der Waals surface area contributed by atoms with Crippen LogP contribution in [0, 0.1) is 11.8 Å². The molecule has 0 heterocycles. The lowest BCUT2D eigenvalue weighted by Crippen LogP contribution is -2.15. The normalized spacial score (nSPS) is 12.7. The number of carbonyl (C=O) groups is 1. The number of hydrogen-bond acceptors (Lipinski definition) is 1. The predicted octanol–water partition coefficient (Wildman–Crippen LogP) is 5.11. The van der Waals surface area contributed by atoms with Crippen molar-refractivity contribution in [3.05, 3.63) is 35.9 Å². The Kier molecular flexibility index (Phi) is 6.70. The third kappa shape index (κ3) is 5.03. The monoisotopic (exact) mass is 246 g/mol. The lowest BCUT2D eigenvalue weighted by molar-refractivity contribution is 0.0900. The van der Waals surface area contributed by atoms with Crippen LogP contribution in [0.15, 0.2) is 30.3 Å². The van der Waals surface area contributed by atoms with Crippen LogP contribution in [0.1, 0.15) is 63.2 Å². The Balaban J connectivity index is 2.66. The van der Waals surface area contributed by atoms with Crippen LogP contribution >= 0.6 is 0 Å². The van der Waals surface area contributed by atoms with E-state index >= 15 is 0 Å². The molecule has 18 heavy (non-hydrogen) atoms. The molecule has 0 N–H and O–H groups in total. The molecule has 0 aliphatic rings. The first kappa shape index (κ1) is 14.9. The number of hydrogen-bond donors (Lipinski definition) is 0. The fraction of sp³-hybridized carbons (Fsp3) is 0.588. The number of unbranched alkanes of at least 4 members (excludes halogenated alkanes) is 1. The average Bonchev–Trinajstić information content (AvgIpc) is 2.39.